The number of amides is 1. The van der Waals surface area contributed by atoms with Crippen LogP contribution in [0.5, 0.6) is 0 Å². The third-order valence-corrected chi connectivity index (χ3v) is 5.53. The molecule has 148 valence electrons. The standard InChI is InChI=1S/C19H18F2N2O4S/c1-4-23(28(3,25)26)15-10-16-13(9-14(15)21)17(19(24)22-2)18(27-16)11-5-7-12(20)8-6-11/h5-10H,4H2,1-3H3,(H,22,24). The van der Waals surface area contributed by atoms with Gasteiger partial charge < -0.3 is 9.73 Å². The number of carbonyl (C=O) groups excluding carboxylic acids is 1. The van der Waals surface area contributed by atoms with Gasteiger partial charge in [0.2, 0.25) is 10.0 Å². The summed E-state index contributed by atoms with van der Waals surface area (Å²) >= 11 is 0. The number of nitrogens with zero attached hydrogens (tertiary/aromatic N) is 1. The maximum Gasteiger partial charge on any atom is 0.255 e. The van der Waals surface area contributed by atoms with Crippen LogP contribution in [0.1, 0.15) is 17.3 Å². The lowest BCUT2D eigenvalue weighted by molar-refractivity contribution is 0.0964. The number of carbonyl (C=O) groups is 1. The number of rotatable bonds is 5. The summed E-state index contributed by atoms with van der Waals surface area (Å²) in [6.45, 7) is 1.60. The molecule has 6 nitrogen and oxygen atoms in total. The highest BCUT2D eigenvalue weighted by molar-refractivity contribution is 7.92. The first-order chi connectivity index (χ1) is 13.2. The van der Waals surface area contributed by atoms with Gasteiger partial charge >= 0.3 is 0 Å². The second-order valence-electron chi connectivity index (χ2n) is 6.12. The molecule has 0 aliphatic carbocycles. The number of hydrogen-bond acceptors (Lipinski definition) is 4. The first kappa shape index (κ1) is 19.8. The minimum atomic E-state index is -3.71. The largest absolute Gasteiger partial charge is 0.455 e. The van der Waals surface area contributed by atoms with E-state index in [2.05, 4.69) is 5.32 Å². The lowest BCUT2D eigenvalue weighted by Gasteiger charge is -2.20. The Morgan fingerprint density at radius 2 is 1.82 bits per heavy atom. The Kier molecular flexibility index (Phi) is 5.12. The number of halogens is 2. The molecule has 0 aliphatic heterocycles. The number of fused-ring (bicyclic) bond motifs is 1. The Morgan fingerprint density at radius 3 is 2.36 bits per heavy atom. The van der Waals surface area contributed by atoms with Crippen molar-refractivity contribution in [1.82, 2.24) is 5.32 Å². The van der Waals surface area contributed by atoms with Crippen LogP contribution in [0.25, 0.3) is 22.3 Å². The molecule has 9 heteroatoms. The Hall–Kier alpha value is -2.94. The van der Waals surface area contributed by atoms with Crippen LogP contribution in [-0.4, -0.2) is 34.2 Å². The van der Waals surface area contributed by atoms with Crippen molar-refractivity contribution in [1.29, 1.82) is 0 Å². The summed E-state index contributed by atoms with van der Waals surface area (Å²) in [7, 11) is -2.29. The Labute approximate surface area is 160 Å². The van der Waals surface area contributed by atoms with Crippen molar-refractivity contribution in [2.75, 3.05) is 24.2 Å². The second-order valence-corrected chi connectivity index (χ2v) is 8.03. The summed E-state index contributed by atoms with van der Waals surface area (Å²) in [5.41, 5.74) is 0.461. The zero-order chi connectivity index (χ0) is 20.6. The van der Waals surface area contributed by atoms with E-state index in [0.29, 0.717) is 5.56 Å². The van der Waals surface area contributed by atoms with Crippen LogP contribution in [0.3, 0.4) is 0 Å². The van der Waals surface area contributed by atoms with Gasteiger partial charge in [-0.3, -0.25) is 9.10 Å². The van der Waals surface area contributed by atoms with E-state index in [1.807, 2.05) is 0 Å². The molecule has 0 saturated heterocycles. The highest BCUT2D eigenvalue weighted by atomic mass is 32.2. The summed E-state index contributed by atoms with van der Waals surface area (Å²) in [4.78, 5) is 12.4. The van der Waals surface area contributed by atoms with Crippen LogP contribution in [0.15, 0.2) is 40.8 Å². The average Bonchev–Trinajstić information content (AvgIpc) is 2.99. The van der Waals surface area contributed by atoms with E-state index in [4.69, 9.17) is 4.42 Å². The van der Waals surface area contributed by atoms with E-state index >= 15 is 0 Å². The molecular formula is C19H18F2N2O4S. The van der Waals surface area contributed by atoms with Crippen molar-refractivity contribution < 1.29 is 26.4 Å². The molecule has 1 N–H and O–H groups in total. The lowest BCUT2D eigenvalue weighted by Crippen LogP contribution is -2.30. The van der Waals surface area contributed by atoms with Crippen molar-refractivity contribution in [3.8, 4) is 11.3 Å². The Balaban J connectivity index is 2.31. The van der Waals surface area contributed by atoms with E-state index in [1.54, 1.807) is 6.92 Å². The summed E-state index contributed by atoms with van der Waals surface area (Å²) in [5.74, 6) is -1.65. The molecule has 0 unspecified atom stereocenters. The average molecular weight is 408 g/mol. The van der Waals surface area contributed by atoms with Crippen LogP contribution >= 0.6 is 0 Å². The van der Waals surface area contributed by atoms with Crippen LogP contribution in [-0.2, 0) is 10.0 Å². The van der Waals surface area contributed by atoms with E-state index in [1.165, 1.54) is 37.4 Å². The SMILES string of the molecule is CCN(c1cc2oc(-c3ccc(F)cc3)c(C(=O)NC)c2cc1F)S(C)(=O)=O. The summed E-state index contributed by atoms with van der Waals surface area (Å²) in [6.07, 6.45) is 0.974. The van der Waals surface area contributed by atoms with Gasteiger partial charge in [0.05, 0.1) is 17.5 Å². The molecule has 28 heavy (non-hydrogen) atoms. The molecule has 0 atom stereocenters. The molecular weight excluding hydrogens is 390 g/mol. The van der Waals surface area contributed by atoms with E-state index in [9.17, 15) is 22.0 Å². The first-order valence-corrected chi connectivity index (χ1v) is 10.2. The third kappa shape index (κ3) is 3.45. The maximum atomic E-state index is 14.8. The minimum absolute atomic E-state index is 0.0229. The molecule has 0 radical (unpaired) electrons. The number of sulfonamides is 1. The molecule has 0 spiro atoms. The second kappa shape index (κ2) is 7.23. The number of nitrogens with one attached hydrogen (secondary N) is 1. The fourth-order valence-electron chi connectivity index (χ4n) is 3.04. The molecule has 3 rings (SSSR count). The van der Waals surface area contributed by atoms with Crippen LogP contribution < -0.4 is 9.62 Å². The normalized spacial score (nSPS) is 11.6. The highest BCUT2D eigenvalue weighted by Gasteiger charge is 2.26. The fraction of sp³-hybridized carbons (Fsp3) is 0.211. The number of benzene rings is 2. The molecule has 0 bridgehead atoms. The molecule has 2 aromatic carbocycles. The van der Waals surface area contributed by atoms with Crippen molar-refractivity contribution in [3.05, 3.63) is 53.6 Å². The monoisotopic (exact) mass is 408 g/mol. The van der Waals surface area contributed by atoms with Gasteiger partial charge in [0.15, 0.2) is 0 Å². The molecule has 0 saturated carbocycles. The van der Waals surface area contributed by atoms with Crippen molar-refractivity contribution in [2.45, 2.75) is 6.92 Å². The topological polar surface area (TPSA) is 79.6 Å². The minimum Gasteiger partial charge on any atom is -0.455 e. The van der Waals surface area contributed by atoms with Gasteiger partial charge in [0.25, 0.3) is 5.91 Å². The number of hydrogen-bond donors (Lipinski definition) is 1. The molecule has 3 aromatic rings. The third-order valence-electron chi connectivity index (χ3n) is 4.27. The summed E-state index contributed by atoms with van der Waals surface area (Å²) in [6, 6.07) is 7.61. The molecule has 1 amide bonds. The van der Waals surface area contributed by atoms with Crippen molar-refractivity contribution in [3.63, 3.8) is 0 Å². The van der Waals surface area contributed by atoms with Gasteiger partial charge in [-0.05, 0) is 37.3 Å². The lowest BCUT2D eigenvalue weighted by atomic mass is 10.0. The molecule has 1 aromatic heterocycles. The van der Waals surface area contributed by atoms with Crippen LogP contribution in [0.4, 0.5) is 14.5 Å². The Morgan fingerprint density at radius 1 is 1.18 bits per heavy atom. The van der Waals surface area contributed by atoms with E-state index < -0.39 is 27.6 Å². The van der Waals surface area contributed by atoms with Crippen molar-refractivity contribution >= 4 is 32.6 Å². The molecule has 1 heterocycles. The smallest absolute Gasteiger partial charge is 0.255 e. The van der Waals surface area contributed by atoms with Gasteiger partial charge in [-0.1, -0.05) is 0 Å². The van der Waals surface area contributed by atoms with Gasteiger partial charge in [-0.25, -0.2) is 17.2 Å². The quantitative estimate of drug-likeness (QED) is 0.701. The predicted octanol–water partition coefficient (Wildman–Crippen LogP) is 3.52. The van der Waals surface area contributed by atoms with Gasteiger partial charge in [-0.15, -0.1) is 0 Å². The van der Waals surface area contributed by atoms with Crippen LogP contribution in [0.2, 0.25) is 0 Å². The molecule has 0 aliphatic rings. The number of furan rings is 1. The summed E-state index contributed by atoms with van der Waals surface area (Å²) < 4.78 is 58.6. The Bertz CT molecular complexity index is 1150. The van der Waals surface area contributed by atoms with E-state index in [0.717, 1.165) is 16.6 Å². The highest BCUT2D eigenvalue weighted by Crippen LogP contribution is 2.37. The zero-order valence-electron chi connectivity index (χ0n) is 15.4. The van der Waals surface area contributed by atoms with Crippen LogP contribution in [0, 0.1) is 11.6 Å². The van der Waals surface area contributed by atoms with Gasteiger partial charge in [0.1, 0.15) is 23.0 Å². The maximum absolute atomic E-state index is 14.8. The first-order valence-electron chi connectivity index (χ1n) is 8.39. The predicted molar refractivity (Wildman–Crippen MR) is 103 cm³/mol. The molecule has 0 fully saturated rings. The van der Waals surface area contributed by atoms with Gasteiger partial charge in [-0.2, -0.15) is 0 Å². The van der Waals surface area contributed by atoms with E-state index in [-0.39, 0.29) is 34.5 Å². The number of anilines is 1. The van der Waals surface area contributed by atoms with Crippen molar-refractivity contribution in [2.24, 2.45) is 0 Å². The van der Waals surface area contributed by atoms with Gasteiger partial charge in [0, 0.05) is 30.6 Å². The zero-order valence-corrected chi connectivity index (χ0v) is 16.2. The fourth-order valence-corrected chi connectivity index (χ4v) is 4.00. The summed E-state index contributed by atoms with van der Waals surface area (Å²) in [5, 5.41) is 2.66.